The van der Waals surface area contributed by atoms with Crippen LogP contribution < -0.4 is 0 Å². The van der Waals surface area contributed by atoms with E-state index >= 15 is 0 Å². The molecule has 0 aliphatic rings. The molecular weight excluding hydrogens is 613 g/mol. The quantitative estimate of drug-likeness (QED) is 0.124. The van der Waals surface area contributed by atoms with Gasteiger partial charge in [0, 0.05) is 0 Å². The maximum absolute atomic E-state index is 2.43. The van der Waals surface area contributed by atoms with Crippen LogP contribution in [0.1, 0.15) is 25.8 Å². The Morgan fingerprint density at radius 1 is 0.412 bits per heavy atom. The van der Waals surface area contributed by atoms with Crippen LogP contribution in [0.4, 0.5) is 0 Å². The number of fused-ring (bicyclic) bond motifs is 5. The summed E-state index contributed by atoms with van der Waals surface area (Å²) in [7, 11) is 0. The van der Waals surface area contributed by atoms with Crippen LogP contribution in [0.15, 0.2) is 182 Å². The largest absolute Gasteiger partial charge is 0.0842 e. The van der Waals surface area contributed by atoms with Crippen molar-refractivity contribution >= 4 is 59.4 Å². The molecule has 0 heteroatoms. The van der Waals surface area contributed by atoms with E-state index in [1.807, 2.05) is 0 Å². The second-order valence-electron chi connectivity index (χ2n) is 13.5. The topological polar surface area (TPSA) is 0 Å². The summed E-state index contributed by atoms with van der Waals surface area (Å²) in [6.45, 7) is 4.29. The maximum Gasteiger partial charge on any atom is -0.00259 e. The standard InChI is InChI=1S/C51H38/c1-3-5-12-34(4-2)39-21-22-41-30-42(24-23-40(41)29-39)43-27-28-48-49(33-43)51(45-26-20-36-14-7-9-16-38(36)32-45)47-18-11-10-17-46(47)50(48)44-25-19-35-13-6-8-15-37(35)31-44/h4-33H,3H2,1-2H3/b12-5-,34-4+. The molecule has 0 fully saturated rings. The van der Waals surface area contributed by atoms with Gasteiger partial charge in [-0.25, -0.2) is 0 Å². The van der Waals surface area contributed by atoms with E-state index in [2.05, 4.69) is 196 Å². The van der Waals surface area contributed by atoms with Gasteiger partial charge in [-0.2, -0.15) is 0 Å². The Labute approximate surface area is 299 Å². The number of benzene rings is 9. The molecule has 9 aromatic rings. The zero-order valence-electron chi connectivity index (χ0n) is 29.0. The van der Waals surface area contributed by atoms with Gasteiger partial charge in [0.1, 0.15) is 0 Å². The Hall–Kier alpha value is -6.24. The first-order valence-corrected chi connectivity index (χ1v) is 18.0. The third kappa shape index (κ3) is 5.50. The van der Waals surface area contributed by atoms with Crippen LogP contribution in [0.2, 0.25) is 0 Å². The van der Waals surface area contributed by atoms with Gasteiger partial charge in [0.15, 0.2) is 0 Å². The van der Waals surface area contributed by atoms with Gasteiger partial charge in [0.05, 0.1) is 0 Å². The highest BCUT2D eigenvalue weighted by Crippen LogP contribution is 2.46. The van der Waals surface area contributed by atoms with Crippen molar-refractivity contribution in [2.45, 2.75) is 20.3 Å². The summed E-state index contributed by atoms with van der Waals surface area (Å²) in [5, 5.41) is 12.6. The third-order valence-electron chi connectivity index (χ3n) is 10.5. The summed E-state index contributed by atoms with van der Waals surface area (Å²) in [6.07, 6.45) is 7.68. The monoisotopic (exact) mass is 650 g/mol. The molecule has 0 aromatic heterocycles. The van der Waals surface area contributed by atoms with Crippen molar-refractivity contribution in [3.8, 4) is 33.4 Å². The zero-order chi connectivity index (χ0) is 34.3. The first kappa shape index (κ1) is 30.8. The van der Waals surface area contributed by atoms with Gasteiger partial charge < -0.3 is 0 Å². The van der Waals surface area contributed by atoms with Gasteiger partial charge in [-0.15, -0.1) is 0 Å². The minimum absolute atomic E-state index is 1.03. The first-order chi connectivity index (χ1) is 25.2. The number of allylic oxidation sites excluding steroid dienone is 4. The molecule has 0 heterocycles. The highest BCUT2D eigenvalue weighted by Gasteiger charge is 2.18. The molecular formula is C51H38. The second-order valence-corrected chi connectivity index (χ2v) is 13.5. The minimum Gasteiger partial charge on any atom is -0.0842 e. The average molecular weight is 651 g/mol. The molecule has 0 unspecified atom stereocenters. The molecule has 0 N–H and O–H groups in total. The normalized spacial score (nSPS) is 12.2. The van der Waals surface area contributed by atoms with Crippen molar-refractivity contribution in [3.63, 3.8) is 0 Å². The predicted octanol–water partition coefficient (Wildman–Crippen LogP) is 14.8. The molecule has 0 bridgehead atoms. The van der Waals surface area contributed by atoms with Gasteiger partial charge in [-0.3, -0.25) is 0 Å². The van der Waals surface area contributed by atoms with Gasteiger partial charge in [-0.1, -0.05) is 159 Å². The zero-order valence-corrected chi connectivity index (χ0v) is 29.0. The van der Waals surface area contributed by atoms with Crippen LogP contribution in [0.25, 0.3) is 92.8 Å². The highest BCUT2D eigenvalue weighted by molar-refractivity contribution is 6.22. The van der Waals surface area contributed by atoms with E-state index in [9.17, 15) is 0 Å². The molecule has 9 aromatic carbocycles. The van der Waals surface area contributed by atoms with E-state index in [1.54, 1.807) is 0 Å². The fourth-order valence-electron chi connectivity index (χ4n) is 7.88. The Morgan fingerprint density at radius 3 is 1.51 bits per heavy atom. The fourth-order valence-corrected chi connectivity index (χ4v) is 7.88. The molecule has 9 rings (SSSR count). The molecule has 0 radical (unpaired) electrons. The summed E-state index contributed by atoms with van der Waals surface area (Å²) < 4.78 is 0. The van der Waals surface area contributed by atoms with Crippen molar-refractivity contribution in [2.75, 3.05) is 0 Å². The van der Waals surface area contributed by atoms with Crippen LogP contribution in [-0.4, -0.2) is 0 Å². The summed E-state index contributed by atoms with van der Waals surface area (Å²) in [6, 6.07) is 61.0. The number of hydrogen-bond acceptors (Lipinski definition) is 0. The van der Waals surface area contributed by atoms with E-state index in [4.69, 9.17) is 0 Å². The van der Waals surface area contributed by atoms with Gasteiger partial charge >= 0.3 is 0 Å². The highest BCUT2D eigenvalue weighted by atomic mass is 14.2. The Kier molecular flexibility index (Phi) is 7.79. The lowest BCUT2D eigenvalue weighted by Crippen LogP contribution is -1.92. The van der Waals surface area contributed by atoms with Crippen molar-refractivity contribution in [2.24, 2.45) is 0 Å². The predicted molar refractivity (Wildman–Crippen MR) is 223 cm³/mol. The van der Waals surface area contributed by atoms with Crippen LogP contribution in [0, 0.1) is 0 Å². The molecule has 0 spiro atoms. The number of hydrogen-bond donors (Lipinski definition) is 0. The maximum atomic E-state index is 2.43. The van der Waals surface area contributed by atoms with Gasteiger partial charge in [-0.05, 0) is 142 Å². The lowest BCUT2D eigenvalue weighted by Gasteiger charge is -2.19. The fraction of sp³-hybridized carbons (Fsp3) is 0.0588. The molecule has 51 heavy (non-hydrogen) atoms. The van der Waals surface area contributed by atoms with E-state index in [0.717, 1.165) is 6.42 Å². The van der Waals surface area contributed by atoms with Crippen LogP contribution in [0.3, 0.4) is 0 Å². The van der Waals surface area contributed by atoms with Crippen LogP contribution >= 0.6 is 0 Å². The minimum atomic E-state index is 1.03. The van der Waals surface area contributed by atoms with Crippen molar-refractivity contribution in [1.82, 2.24) is 0 Å². The van der Waals surface area contributed by atoms with Crippen molar-refractivity contribution in [1.29, 1.82) is 0 Å². The molecule has 242 valence electrons. The van der Waals surface area contributed by atoms with E-state index in [1.165, 1.54) is 98.4 Å². The molecule has 0 nitrogen and oxygen atoms in total. The summed E-state index contributed by atoms with van der Waals surface area (Å²) in [4.78, 5) is 0. The smallest absolute Gasteiger partial charge is 0.00259 e. The van der Waals surface area contributed by atoms with Crippen molar-refractivity contribution < 1.29 is 0 Å². The molecule has 0 amide bonds. The molecule has 0 aliphatic heterocycles. The molecule has 0 saturated heterocycles. The van der Waals surface area contributed by atoms with E-state index < -0.39 is 0 Å². The second kappa shape index (κ2) is 12.9. The molecule has 0 saturated carbocycles. The van der Waals surface area contributed by atoms with E-state index in [0.29, 0.717) is 0 Å². The first-order valence-electron chi connectivity index (χ1n) is 18.0. The van der Waals surface area contributed by atoms with Crippen LogP contribution in [-0.2, 0) is 0 Å². The summed E-state index contributed by atoms with van der Waals surface area (Å²) >= 11 is 0. The summed E-state index contributed by atoms with van der Waals surface area (Å²) in [5.74, 6) is 0. The van der Waals surface area contributed by atoms with Crippen LogP contribution in [0.5, 0.6) is 0 Å². The molecule has 0 aliphatic carbocycles. The molecule has 0 atom stereocenters. The van der Waals surface area contributed by atoms with Crippen molar-refractivity contribution in [3.05, 3.63) is 188 Å². The lowest BCUT2D eigenvalue weighted by atomic mass is 9.84. The summed E-state index contributed by atoms with van der Waals surface area (Å²) in [5.41, 5.74) is 9.99. The lowest BCUT2D eigenvalue weighted by molar-refractivity contribution is 1.22. The Bertz CT molecular complexity index is 2850. The van der Waals surface area contributed by atoms with Gasteiger partial charge in [0.2, 0.25) is 0 Å². The van der Waals surface area contributed by atoms with E-state index in [-0.39, 0.29) is 0 Å². The number of rotatable bonds is 6. The third-order valence-corrected chi connectivity index (χ3v) is 10.5. The van der Waals surface area contributed by atoms with Gasteiger partial charge in [0.25, 0.3) is 0 Å². The Morgan fingerprint density at radius 2 is 0.863 bits per heavy atom. The Balaban J connectivity index is 1.29. The SMILES string of the molecule is C/C=C(\C=C/CC)c1ccc2cc(-c3ccc4c(-c5ccc6ccccc6c5)c5ccccc5c(-c5ccc6ccccc6c5)c4c3)ccc2c1. The average Bonchev–Trinajstić information content (AvgIpc) is 3.19.